The second-order valence-electron chi connectivity index (χ2n) is 2.92. The third kappa shape index (κ3) is 5.31. The third-order valence-corrected chi connectivity index (χ3v) is 1.82. The lowest BCUT2D eigenvalue weighted by atomic mass is 10.2. The Kier molecular flexibility index (Phi) is 7.53. The summed E-state index contributed by atoms with van der Waals surface area (Å²) in [6, 6.07) is 7.94. The number of terminal acetylenes is 1. The number of rotatable bonds is 5. The summed E-state index contributed by atoms with van der Waals surface area (Å²) < 4.78 is 5.26. The fourth-order valence-electron chi connectivity index (χ4n) is 1.10. The van der Waals surface area contributed by atoms with Crippen molar-refractivity contribution in [1.82, 2.24) is 5.32 Å². The maximum Gasteiger partial charge on any atom is 0.148 e. The molecule has 0 aliphatic carbocycles. The van der Waals surface area contributed by atoms with Crippen LogP contribution < -0.4 is 10.1 Å². The average molecular weight is 226 g/mol. The topological polar surface area (TPSA) is 21.3 Å². The van der Waals surface area contributed by atoms with Gasteiger partial charge >= 0.3 is 0 Å². The van der Waals surface area contributed by atoms with E-state index in [1.807, 2.05) is 24.3 Å². The van der Waals surface area contributed by atoms with Crippen LogP contribution in [0, 0.1) is 12.3 Å². The molecule has 15 heavy (non-hydrogen) atoms. The van der Waals surface area contributed by atoms with Crippen LogP contribution in [0.4, 0.5) is 0 Å². The van der Waals surface area contributed by atoms with E-state index >= 15 is 0 Å². The van der Waals surface area contributed by atoms with Gasteiger partial charge in [0.1, 0.15) is 12.4 Å². The molecule has 82 valence electrons. The standard InChI is InChI=1S/C12H15NO.ClH/c1-3-9-14-12-7-5-11(6-8-12)10-13-4-2;/h1,5-8,13H,4,9-10H2,2H3;1H. The minimum absolute atomic E-state index is 0. The summed E-state index contributed by atoms with van der Waals surface area (Å²) in [6.07, 6.45) is 5.09. The van der Waals surface area contributed by atoms with Gasteiger partial charge in [0.05, 0.1) is 0 Å². The smallest absolute Gasteiger partial charge is 0.148 e. The quantitative estimate of drug-likeness (QED) is 0.776. The Morgan fingerprint density at radius 3 is 2.53 bits per heavy atom. The zero-order valence-electron chi connectivity index (χ0n) is 8.82. The molecule has 0 spiro atoms. The molecule has 0 aliphatic heterocycles. The Morgan fingerprint density at radius 2 is 2.00 bits per heavy atom. The lowest BCUT2D eigenvalue weighted by Gasteiger charge is -2.04. The van der Waals surface area contributed by atoms with Gasteiger partial charge in [-0.05, 0) is 24.2 Å². The predicted octanol–water partition coefficient (Wildman–Crippen LogP) is 2.23. The number of benzene rings is 1. The minimum atomic E-state index is 0. The largest absolute Gasteiger partial charge is 0.481 e. The van der Waals surface area contributed by atoms with Crippen molar-refractivity contribution in [3.8, 4) is 18.1 Å². The van der Waals surface area contributed by atoms with Gasteiger partial charge in [0, 0.05) is 6.54 Å². The maximum atomic E-state index is 5.26. The Hall–Kier alpha value is -1.17. The summed E-state index contributed by atoms with van der Waals surface area (Å²) in [6.45, 7) is 4.29. The van der Waals surface area contributed by atoms with Crippen molar-refractivity contribution in [3.05, 3.63) is 29.8 Å². The number of nitrogens with one attached hydrogen (secondary N) is 1. The molecule has 3 heteroatoms. The lowest BCUT2D eigenvalue weighted by molar-refractivity contribution is 0.370. The summed E-state index contributed by atoms with van der Waals surface area (Å²) in [4.78, 5) is 0. The molecule has 0 saturated heterocycles. The van der Waals surface area contributed by atoms with Crippen molar-refractivity contribution < 1.29 is 4.74 Å². The first-order valence-electron chi connectivity index (χ1n) is 4.72. The molecular formula is C12H16ClNO. The Balaban J connectivity index is 0.00000196. The molecule has 0 bridgehead atoms. The zero-order chi connectivity index (χ0) is 10.2. The molecule has 0 atom stereocenters. The second kappa shape index (κ2) is 8.16. The Labute approximate surface area is 97.4 Å². The molecule has 1 rings (SSSR count). The summed E-state index contributed by atoms with van der Waals surface area (Å²) in [5, 5.41) is 3.25. The lowest BCUT2D eigenvalue weighted by Crippen LogP contribution is -2.11. The molecule has 0 saturated carbocycles. The molecule has 0 fully saturated rings. The normalized spacial score (nSPS) is 8.80. The van der Waals surface area contributed by atoms with Crippen molar-refractivity contribution in [2.45, 2.75) is 13.5 Å². The van der Waals surface area contributed by atoms with Gasteiger partial charge in [0.2, 0.25) is 0 Å². The number of hydrogen-bond acceptors (Lipinski definition) is 2. The van der Waals surface area contributed by atoms with E-state index in [-0.39, 0.29) is 12.4 Å². The number of hydrogen-bond donors (Lipinski definition) is 1. The number of halogens is 1. The van der Waals surface area contributed by atoms with Crippen molar-refractivity contribution >= 4 is 12.4 Å². The first-order valence-corrected chi connectivity index (χ1v) is 4.72. The highest BCUT2D eigenvalue weighted by molar-refractivity contribution is 5.85. The molecular weight excluding hydrogens is 210 g/mol. The van der Waals surface area contributed by atoms with Crippen LogP contribution in [0.5, 0.6) is 5.75 Å². The summed E-state index contributed by atoms with van der Waals surface area (Å²) in [7, 11) is 0. The molecule has 0 amide bonds. The second-order valence-corrected chi connectivity index (χ2v) is 2.92. The fourth-order valence-corrected chi connectivity index (χ4v) is 1.10. The maximum absolute atomic E-state index is 5.26. The van der Waals surface area contributed by atoms with Gasteiger partial charge < -0.3 is 10.1 Å². The first-order chi connectivity index (χ1) is 6.86. The molecule has 0 heterocycles. The molecule has 1 aromatic rings. The molecule has 0 radical (unpaired) electrons. The highest BCUT2D eigenvalue weighted by Gasteiger charge is 1.93. The van der Waals surface area contributed by atoms with Gasteiger partial charge in [0.25, 0.3) is 0 Å². The molecule has 1 N–H and O–H groups in total. The van der Waals surface area contributed by atoms with Gasteiger partial charge in [-0.3, -0.25) is 0 Å². The van der Waals surface area contributed by atoms with Gasteiger partial charge in [0.15, 0.2) is 0 Å². The van der Waals surface area contributed by atoms with E-state index in [0.717, 1.165) is 18.8 Å². The molecule has 0 aliphatic rings. The third-order valence-electron chi connectivity index (χ3n) is 1.82. The van der Waals surface area contributed by atoms with Gasteiger partial charge in [-0.1, -0.05) is 25.0 Å². The van der Waals surface area contributed by atoms with Crippen LogP contribution in [0.3, 0.4) is 0 Å². The molecule has 2 nitrogen and oxygen atoms in total. The van der Waals surface area contributed by atoms with Crippen LogP contribution in [0.25, 0.3) is 0 Å². The van der Waals surface area contributed by atoms with Crippen LogP contribution >= 0.6 is 12.4 Å². The Bertz CT molecular complexity index is 302. The zero-order valence-corrected chi connectivity index (χ0v) is 9.64. The highest BCUT2D eigenvalue weighted by Crippen LogP contribution is 2.11. The van der Waals surface area contributed by atoms with Crippen molar-refractivity contribution in [2.75, 3.05) is 13.2 Å². The molecule has 1 aromatic carbocycles. The van der Waals surface area contributed by atoms with Gasteiger partial charge in [-0.25, -0.2) is 0 Å². The van der Waals surface area contributed by atoms with E-state index in [1.54, 1.807) is 0 Å². The van der Waals surface area contributed by atoms with Crippen LogP contribution in [0.1, 0.15) is 12.5 Å². The van der Waals surface area contributed by atoms with Gasteiger partial charge in [-0.15, -0.1) is 18.8 Å². The molecule has 0 aromatic heterocycles. The molecule has 0 unspecified atom stereocenters. The summed E-state index contributed by atoms with van der Waals surface area (Å²) >= 11 is 0. The van der Waals surface area contributed by atoms with E-state index in [1.165, 1.54) is 5.56 Å². The van der Waals surface area contributed by atoms with Crippen LogP contribution in [-0.2, 0) is 6.54 Å². The predicted molar refractivity (Wildman–Crippen MR) is 65.4 cm³/mol. The van der Waals surface area contributed by atoms with E-state index in [0.29, 0.717) is 6.61 Å². The first kappa shape index (κ1) is 13.8. The average Bonchev–Trinajstić information content (AvgIpc) is 2.25. The van der Waals surface area contributed by atoms with Gasteiger partial charge in [-0.2, -0.15) is 0 Å². The van der Waals surface area contributed by atoms with E-state index in [4.69, 9.17) is 11.2 Å². The van der Waals surface area contributed by atoms with Crippen molar-refractivity contribution in [3.63, 3.8) is 0 Å². The highest BCUT2D eigenvalue weighted by atomic mass is 35.5. The van der Waals surface area contributed by atoms with E-state index in [2.05, 4.69) is 18.2 Å². The van der Waals surface area contributed by atoms with Crippen molar-refractivity contribution in [1.29, 1.82) is 0 Å². The SMILES string of the molecule is C#CCOc1ccc(CNCC)cc1.Cl. The van der Waals surface area contributed by atoms with E-state index in [9.17, 15) is 0 Å². The summed E-state index contributed by atoms with van der Waals surface area (Å²) in [5.74, 6) is 3.25. The van der Waals surface area contributed by atoms with E-state index < -0.39 is 0 Å². The minimum Gasteiger partial charge on any atom is -0.481 e. The van der Waals surface area contributed by atoms with Crippen LogP contribution in [0.15, 0.2) is 24.3 Å². The monoisotopic (exact) mass is 225 g/mol. The fraction of sp³-hybridized carbons (Fsp3) is 0.333. The summed E-state index contributed by atoms with van der Waals surface area (Å²) in [5.41, 5.74) is 1.25. The number of ether oxygens (including phenoxy) is 1. The van der Waals surface area contributed by atoms with Crippen molar-refractivity contribution in [2.24, 2.45) is 0 Å². The van der Waals surface area contributed by atoms with Crippen LogP contribution in [-0.4, -0.2) is 13.2 Å². The van der Waals surface area contributed by atoms with Crippen LogP contribution in [0.2, 0.25) is 0 Å². The Morgan fingerprint density at radius 1 is 1.33 bits per heavy atom.